The Morgan fingerprint density at radius 2 is 1.90 bits per heavy atom. The van der Waals surface area contributed by atoms with E-state index in [-0.39, 0.29) is 22.4 Å². The van der Waals surface area contributed by atoms with Crippen molar-refractivity contribution in [3.8, 4) is 5.75 Å². The molecule has 0 unspecified atom stereocenters. The van der Waals surface area contributed by atoms with E-state index in [1.54, 1.807) is 24.3 Å². The van der Waals surface area contributed by atoms with Crippen LogP contribution in [0.4, 0.5) is 8.78 Å². The molecular weight excluding hydrogens is 330 g/mol. The highest BCUT2D eigenvalue weighted by atomic mass is 79.9. The average molecular weight is 341 g/mol. The molecule has 0 aliphatic heterocycles. The lowest BCUT2D eigenvalue weighted by molar-refractivity contribution is 0.101. The third-order valence-electron chi connectivity index (χ3n) is 2.78. The maximum Gasteiger partial charge on any atom is 0.163 e. The number of ether oxygens (including phenoxy) is 1. The van der Waals surface area contributed by atoms with Crippen LogP contribution in [-0.2, 0) is 6.61 Å². The summed E-state index contributed by atoms with van der Waals surface area (Å²) in [5.41, 5.74) is 0.195. The van der Waals surface area contributed by atoms with Gasteiger partial charge >= 0.3 is 0 Å². The molecule has 0 atom stereocenters. The van der Waals surface area contributed by atoms with Crippen molar-refractivity contribution in [1.82, 2.24) is 0 Å². The molecule has 0 N–H and O–H groups in total. The quantitative estimate of drug-likeness (QED) is 0.604. The van der Waals surface area contributed by atoms with E-state index >= 15 is 0 Å². The van der Waals surface area contributed by atoms with E-state index in [0.717, 1.165) is 6.07 Å². The summed E-state index contributed by atoms with van der Waals surface area (Å²) in [5.74, 6) is -1.26. The van der Waals surface area contributed by atoms with E-state index in [1.807, 2.05) is 0 Å². The van der Waals surface area contributed by atoms with Gasteiger partial charge in [-0.1, -0.05) is 12.1 Å². The molecule has 0 heterocycles. The van der Waals surface area contributed by atoms with E-state index in [0.29, 0.717) is 11.3 Å². The van der Waals surface area contributed by atoms with Gasteiger partial charge in [-0.05, 0) is 47.1 Å². The van der Waals surface area contributed by atoms with Crippen LogP contribution >= 0.6 is 15.9 Å². The van der Waals surface area contributed by atoms with E-state index in [1.165, 1.54) is 13.0 Å². The second-order valence-electron chi connectivity index (χ2n) is 4.16. The predicted molar refractivity (Wildman–Crippen MR) is 74.8 cm³/mol. The monoisotopic (exact) mass is 340 g/mol. The number of halogens is 3. The number of hydrogen-bond donors (Lipinski definition) is 0. The molecule has 2 nitrogen and oxygen atoms in total. The molecule has 2 aromatic rings. The average Bonchev–Trinajstić information content (AvgIpc) is 2.43. The minimum Gasteiger partial charge on any atom is -0.488 e. The number of rotatable bonds is 4. The summed E-state index contributed by atoms with van der Waals surface area (Å²) < 4.78 is 32.9. The normalized spacial score (nSPS) is 10.4. The van der Waals surface area contributed by atoms with Crippen molar-refractivity contribution in [3.05, 3.63) is 63.6 Å². The SMILES string of the molecule is CC(=O)c1ccccc1OCc1c(F)ccc(Br)c1F. The fourth-order valence-electron chi connectivity index (χ4n) is 1.73. The highest BCUT2D eigenvalue weighted by molar-refractivity contribution is 9.10. The van der Waals surface area contributed by atoms with Crippen LogP contribution < -0.4 is 4.74 Å². The number of Topliss-reactive ketones (excluding diaryl/α,β-unsaturated/α-hetero) is 1. The van der Waals surface area contributed by atoms with Crippen LogP contribution in [0.15, 0.2) is 40.9 Å². The van der Waals surface area contributed by atoms with Crippen LogP contribution in [0.3, 0.4) is 0 Å². The van der Waals surface area contributed by atoms with Crippen LogP contribution in [0.2, 0.25) is 0 Å². The summed E-state index contributed by atoms with van der Waals surface area (Å²) in [4.78, 5) is 11.4. The Kier molecular flexibility index (Phi) is 4.49. The number of benzene rings is 2. The molecule has 0 fully saturated rings. The Bertz CT molecular complexity index is 656. The Labute approximate surface area is 123 Å². The summed E-state index contributed by atoms with van der Waals surface area (Å²) in [7, 11) is 0. The number of hydrogen-bond acceptors (Lipinski definition) is 2. The number of carbonyl (C=O) groups excluding carboxylic acids is 1. The molecule has 0 amide bonds. The van der Waals surface area contributed by atoms with Gasteiger partial charge in [0.25, 0.3) is 0 Å². The molecule has 0 saturated heterocycles. The molecule has 104 valence electrons. The Morgan fingerprint density at radius 3 is 2.60 bits per heavy atom. The summed E-state index contributed by atoms with van der Waals surface area (Å²) in [6.45, 7) is 1.11. The van der Waals surface area contributed by atoms with Gasteiger partial charge in [-0.15, -0.1) is 0 Å². The molecule has 0 saturated carbocycles. The fraction of sp³-hybridized carbons (Fsp3) is 0.133. The standard InChI is InChI=1S/C15H11BrF2O2/c1-9(19)10-4-2-3-5-14(10)20-8-11-13(17)7-6-12(16)15(11)18/h2-7H,8H2,1H3. The van der Waals surface area contributed by atoms with E-state index in [9.17, 15) is 13.6 Å². The van der Waals surface area contributed by atoms with Crippen molar-refractivity contribution >= 4 is 21.7 Å². The third kappa shape index (κ3) is 3.04. The molecular formula is C15H11BrF2O2. The van der Waals surface area contributed by atoms with Crippen LogP contribution in [0.25, 0.3) is 0 Å². The van der Waals surface area contributed by atoms with Gasteiger partial charge in [-0.3, -0.25) is 4.79 Å². The smallest absolute Gasteiger partial charge is 0.163 e. The first kappa shape index (κ1) is 14.7. The topological polar surface area (TPSA) is 26.3 Å². The van der Waals surface area contributed by atoms with Gasteiger partial charge in [0.2, 0.25) is 0 Å². The van der Waals surface area contributed by atoms with Gasteiger partial charge in [0, 0.05) is 0 Å². The molecule has 2 rings (SSSR count). The van der Waals surface area contributed by atoms with Gasteiger partial charge in [0.1, 0.15) is 24.0 Å². The Morgan fingerprint density at radius 1 is 1.20 bits per heavy atom. The second kappa shape index (κ2) is 6.13. The highest BCUT2D eigenvalue weighted by Crippen LogP contribution is 2.24. The lowest BCUT2D eigenvalue weighted by atomic mass is 10.1. The first-order valence-corrected chi connectivity index (χ1v) is 6.65. The lowest BCUT2D eigenvalue weighted by Crippen LogP contribution is -2.05. The van der Waals surface area contributed by atoms with Crippen molar-refractivity contribution in [2.75, 3.05) is 0 Å². The molecule has 0 spiro atoms. The van der Waals surface area contributed by atoms with Crippen LogP contribution in [0, 0.1) is 11.6 Å². The number of ketones is 1. The van der Waals surface area contributed by atoms with Crippen LogP contribution in [-0.4, -0.2) is 5.78 Å². The fourth-order valence-corrected chi connectivity index (χ4v) is 2.11. The molecule has 20 heavy (non-hydrogen) atoms. The molecule has 5 heteroatoms. The molecule has 2 aromatic carbocycles. The van der Waals surface area contributed by atoms with E-state index in [4.69, 9.17) is 4.74 Å². The Balaban J connectivity index is 2.26. The molecule has 0 aliphatic carbocycles. The van der Waals surface area contributed by atoms with Crippen molar-refractivity contribution < 1.29 is 18.3 Å². The van der Waals surface area contributed by atoms with Gasteiger partial charge in [-0.25, -0.2) is 8.78 Å². The van der Waals surface area contributed by atoms with E-state index in [2.05, 4.69) is 15.9 Å². The third-order valence-corrected chi connectivity index (χ3v) is 3.39. The molecule has 0 aromatic heterocycles. The first-order valence-electron chi connectivity index (χ1n) is 5.86. The second-order valence-corrected chi connectivity index (χ2v) is 5.02. The van der Waals surface area contributed by atoms with Crippen molar-refractivity contribution in [1.29, 1.82) is 0 Å². The maximum atomic E-state index is 13.8. The lowest BCUT2D eigenvalue weighted by Gasteiger charge is -2.11. The van der Waals surface area contributed by atoms with Gasteiger partial charge in [0.05, 0.1) is 15.6 Å². The minimum atomic E-state index is -0.703. The Hall–Kier alpha value is -1.75. The summed E-state index contributed by atoms with van der Waals surface area (Å²) in [6.07, 6.45) is 0. The van der Waals surface area contributed by atoms with Crippen molar-refractivity contribution in [2.24, 2.45) is 0 Å². The number of carbonyl (C=O) groups is 1. The van der Waals surface area contributed by atoms with Crippen LogP contribution in [0.1, 0.15) is 22.8 Å². The summed E-state index contributed by atoms with van der Waals surface area (Å²) in [5, 5.41) is 0. The summed E-state index contributed by atoms with van der Waals surface area (Å²) in [6, 6.07) is 9.02. The molecule has 0 radical (unpaired) electrons. The minimum absolute atomic E-state index is 0.164. The van der Waals surface area contributed by atoms with Crippen molar-refractivity contribution in [3.63, 3.8) is 0 Å². The largest absolute Gasteiger partial charge is 0.488 e. The zero-order chi connectivity index (χ0) is 14.7. The summed E-state index contributed by atoms with van der Waals surface area (Å²) >= 11 is 2.99. The zero-order valence-electron chi connectivity index (χ0n) is 10.6. The number of para-hydroxylation sites is 1. The van der Waals surface area contributed by atoms with Gasteiger partial charge in [0.15, 0.2) is 5.78 Å². The molecule has 0 bridgehead atoms. The van der Waals surface area contributed by atoms with Crippen molar-refractivity contribution in [2.45, 2.75) is 13.5 Å². The van der Waals surface area contributed by atoms with Gasteiger partial charge in [-0.2, -0.15) is 0 Å². The zero-order valence-corrected chi connectivity index (χ0v) is 12.2. The first-order chi connectivity index (χ1) is 9.50. The van der Waals surface area contributed by atoms with Crippen LogP contribution in [0.5, 0.6) is 5.75 Å². The molecule has 0 aliphatic rings. The highest BCUT2D eigenvalue weighted by Gasteiger charge is 2.14. The van der Waals surface area contributed by atoms with E-state index < -0.39 is 11.6 Å². The maximum absolute atomic E-state index is 13.8. The van der Waals surface area contributed by atoms with Gasteiger partial charge < -0.3 is 4.74 Å². The predicted octanol–water partition coefficient (Wildman–Crippen LogP) is 4.51.